The second-order valence-corrected chi connectivity index (χ2v) is 3.95. The fraction of sp³-hybridized carbons (Fsp3) is 0.364. The van der Waals surface area contributed by atoms with Crippen molar-refractivity contribution in [2.24, 2.45) is 0 Å². The fourth-order valence-corrected chi connectivity index (χ4v) is 1.25. The van der Waals surface area contributed by atoms with Gasteiger partial charge in [-0.15, -0.1) is 0 Å². The monoisotopic (exact) mass is 192 g/mol. The van der Waals surface area contributed by atoms with Crippen molar-refractivity contribution in [3.8, 4) is 0 Å². The maximum Gasteiger partial charge on any atom is 0.123 e. The van der Waals surface area contributed by atoms with E-state index in [9.17, 15) is 5.11 Å². The molecular formula is C11H16N2O. The highest BCUT2D eigenvalue weighted by atomic mass is 16.3. The number of pyridine rings is 1. The molecule has 0 amide bonds. The first-order chi connectivity index (χ1) is 6.38. The van der Waals surface area contributed by atoms with Gasteiger partial charge in [-0.25, -0.2) is 4.98 Å². The van der Waals surface area contributed by atoms with E-state index in [2.05, 4.69) is 4.98 Å². The lowest BCUT2D eigenvalue weighted by molar-refractivity contribution is 0.133. The summed E-state index contributed by atoms with van der Waals surface area (Å²) in [7, 11) is 0. The number of hydrogen-bond donors (Lipinski definition) is 2. The Bertz CT molecular complexity index is 333. The molecule has 0 spiro atoms. The summed E-state index contributed by atoms with van der Waals surface area (Å²) in [4.78, 5) is 3.99. The van der Waals surface area contributed by atoms with E-state index in [1.807, 2.05) is 13.0 Å². The minimum Gasteiger partial charge on any atom is -0.386 e. The zero-order valence-electron chi connectivity index (χ0n) is 8.78. The Hall–Kier alpha value is -1.35. The van der Waals surface area contributed by atoms with Crippen LogP contribution in [0.3, 0.4) is 0 Å². The number of allylic oxidation sites excluding steroid dienone is 1. The van der Waals surface area contributed by atoms with Crippen LogP contribution in [-0.4, -0.2) is 15.7 Å². The zero-order valence-corrected chi connectivity index (χ0v) is 8.78. The molecule has 1 rings (SSSR count). The summed E-state index contributed by atoms with van der Waals surface area (Å²) in [6.07, 6.45) is 3.49. The van der Waals surface area contributed by atoms with Crippen LogP contribution in [0.2, 0.25) is 0 Å². The third-order valence-corrected chi connectivity index (χ3v) is 1.81. The van der Waals surface area contributed by atoms with Crippen molar-refractivity contribution in [3.63, 3.8) is 0 Å². The van der Waals surface area contributed by atoms with Crippen LogP contribution in [0.25, 0.3) is 5.57 Å². The van der Waals surface area contributed by atoms with Crippen LogP contribution >= 0.6 is 0 Å². The highest BCUT2D eigenvalue weighted by Crippen LogP contribution is 2.17. The Kier molecular flexibility index (Phi) is 2.91. The third kappa shape index (κ3) is 3.18. The van der Waals surface area contributed by atoms with Crippen LogP contribution < -0.4 is 5.73 Å². The molecule has 76 valence electrons. The molecular weight excluding hydrogens is 176 g/mol. The smallest absolute Gasteiger partial charge is 0.123 e. The molecule has 0 radical (unpaired) electrons. The Balaban J connectivity index is 2.95. The number of nitrogens with zero attached hydrogens (tertiary/aromatic N) is 1. The Morgan fingerprint density at radius 3 is 2.57 bits per heavy atom. The number of nitrogens with two attached hydrogens (primary N) is 1. The van der Waals surface area contributed by atoms with Crippen molar-refractivity contribution in [2.75, 3.05) is 5.73 Å². The minimum absolute atomic E-state index is 0.504. The molecule has 0 fully saturated rings. The largest absolute Gasteiger partial charge is 0.386 e. The second kappa shape index (κ2) is 3.80. The van der Waals surface area contributed by atoms with Gasteiger partial charge < -0.3 is 10.8 Å². The maximum absolute atomic E-state index is 9.58. The van der Waals surface area contributed by atoms with Crippen LogP contribution in [0, 0.1) is 0 Å². The first-order valence-corrected chi connectivity index (χ1v) is 4.52. The maximum atomic E-state index is 9.58. The minimum atomic E-state index is -0.800. The molecule has 3 nitrogen and oxygen atoms in total. The van der Waals surface area contributed by atoms with Crippen molar-refractivity contribution in [3.05, 3.63) is 30.0 Å². The molecule has 0 aliphatic rings. The zero-order chi connectivity index (χ0) is 10.8. The molecule has 0 unspecified atom stereocenters. The molecule has 0 aliphatic heterocycles. The molecule has 1 aromatic rings. The summed E-state index contributed by atoms with van der Waals surface area (Å²) in [5.74, 6) is 0.504. The standard InChI is InChI=1S/C11H16N2O/c1-8(6-11(2,3)14)9-4-5-10(12)13-7-9/h4-7,14H,1-3H3,(H2,12,13). The van der Waals surface area contributed by atoms with Gasteiger partial charge in [0.2, 0.25) is 0 Å². The summed E-state index contributed by atoms with van der Waals surface area (Å²) in [6, 6.07) is 3.64. The van der Waals surface area contributed by atoms with Crippen LogP contribution in [0.5, 0.6) is 0 Å². The Morgan fingerprint density at radius 2 is 2.14 bits per heavy atom. The van der Waals surface area contributed by atoms with Gasteiger partial charge >= 0.3 is 0 Å². The summed E-state index contributed by atoms with van der Waals surface area (Å²) in [5, 5.41) is 9.58. The number of aromatic nitrogens is 1. The molecule has 3 N–H and O–H groups in total. The first-order valence-electron chi connectivity index (χ1n) is 4.52. The molecule has 3 heteroatoms. The van der Waals surface area contributed by atoms with E-state index in [1.54, 1.807) is 32.2 Å². The van der Waals surface area contributed by atoms with Gasteiger partial charge in [-0.05, 0) is 44.0 Å². The van der Waals surface area contributed by atoms with Gasteiger partial charge in [-0.2, -0.15) is 0 Å². The van der Waals surface area contributed by atoms with E-state index in [1.165, 1.54) is 0 Å². The average molecular weight is 192 g/mol. The lowest BCUT2D eigenvalue weighted by atomic mass is 10.0. The SMILES string of the molecule is CC(=CC(C)(C)O)c1ccc(N)nc1. The van der Waals surface area contributed by atoms with Gasteiger partial charge in [-0.3, -0.25) is 0 Å². The number of anilines is 1. The fourth-order valence-electron chi connectivity index (χ4n) is 1.25. The molecule has 1 aromatic heterocycles. The van der Waals surface area contributed by atoms with Gasteiger partial charge in [0.1, 0.15) is 5.82 Å². The van der Waals surface area contributed by atoms with E-state index < -0.39 is 5.60 Å². The molecule has 0 saturated carbocycles. The van der Waals surface area contributed by atoms with E-state index >= 15 is 0 Å². The Labute approximate surface area is 84.3 Å². The lowest BCUT2D eigenvalue weighted by Gasteiger charge is -2.13. The normalized spacial score (nSPS) is 13.0. The van der Waals surface area contributed by atoms with Crippen molar-refractivity contribution < 1.29 is 5.11 Å². The molecule has 14 heavy (non-hydrogen) atoms. The van der Waals surface area contributed by atoms with Gasteiger partial charge in [0.05, 0.1) is 5.60 Å². The van der Waals surface area contributed by atoms with Crippen molar-refractivity contribution in [2.45, 2.75) is 26.4 Å². The van der Waals surface area contributed by atoms with Crippen LogP contribution in [0.4, 0.5) is 5.82 Å². The Morgan fingerprint density at radius 1 is 1.50 bits per heavy atom. The van der Waals surface area contributed by atoms with Crippen molar-refractivity contribution >= 4 is 11.4 Å². The summed E-state index contributed by atoms with van der Waals surface area (Å²) < 4.78 is 0. The van der Waals surface area contributed by atoms with E-state index in [4.69, 9.17) is 5.73 Å². The van der Waals surface area contributed by atoms with E-state index in [-0.39, 0.29) is 0 Å². The third-order valence-electron chi connectivity index (χ3n) is 1.81. The van der Waals surface area contributed by atoms with Crippen molar-refractivity contribution in [1.82, 2.24) is 4.98 Å². The van der Waals surface area contributed by atoms with Gasteiger partial charge in [0.25, 0.3) is 0 Å². The highest BCUT2D eigenvalue weighted by molar-refractivity contribution is 5.64. The number of hydrogen-bond acceptors (Lipinski definition) is 3. The molecule has 0 aromatic carbocycles. The van der Waals surface area contributed by atoms with Crippen LogP contribution in [0.1, 0.15) is 26.3 Å². The molecule has 0 bridgehead atoms. The molecule has 0 aliphatic carbocycles. The first kappa shape index (κ1) is 10.7. The van der Waals surface area contributed by atoms with Crippen LogP contribution in [-0.2, 0) is 0 Å². The molecule has 0 atom stereocenters. The topological polar surface area (TPSA) is 59.1 Å². The van der Waals surface area contributed by atoms with E-state index in [0.717, 1.165) is 11.1 Å². The summed E-state index contributed by atoms with van der Waals surface area (Å²) in [6.45, 7) is 5.41. The van der Waals surface area contributed by atoms with Gasteiger partial charge in [0, 0.05) is 6.20 Å². The van der Waals surface area contributed by atoms with E-state index in [0.29, 0.717) is 5.82 Å². The summed E-state index contributed by atoms with van der Waals surface area (Å²) in [5.41, 5.74) is 6.64. The lowest BCUT2D eigenvalue weighted by Crippen LogP contribution is -2.14. The highest BCUT2D eigenvalue weighted by Gasteiger charge is 2.09. The molecule has 0 saturated heterocycles. The van der Waals surface area contributed by atoms with Crippen LogP contribution in [0.15, 0.2) is 24.4 Å². The predicted molar refractivity (Wildman–Crippen MR) is 58.6 cm³/mol. The second-order valence-electron chi connectivity index (χ2n) is 3.95. The average Bonchev–Trinajstić information content (AvgIpc) is 2.02. The van der Waals surface area contributed by atoms with Crippen molar-refractivity contribution in [1.29, 1.82) is 0 Å². The quantitative estimate of drug-likeness (QED) is 0.751. The van der Waals surface area contributed by atoms with Gasteiger partial charge in [0.15, 0.2) is 0 Å². The predicted octanol–water partition coefficient (Wildman–Crippen LogP) is 1.84. The number of nitrogen functional groups attached to an aromatic ring is 1. The number of aliphatic hydroxyl groups is 1. The summed E-state index contributed by atoms with van der Waals surface area (Å²) >= 11 is 0. The van der Waals surface area contributed by atoms with Gasteiger partial charge in [-0.1, -0.05) is 6.08 Å². The number of rotatable bonds is 2. The molecule has 1 heterocycles.